The molecule has 0 spiro atoms. The summed E-state index contributed by atoms with van der Waals surface area (Å²) in [6.07, 6.45) is 5.63. The molecule has 0 radical (unpaired) electrons. The lowest BCUT2D eigenvalue weighted by Crippen LogP contribution is -2.49. The summed E-state index contributed by atoms with van der Waals surface area (Å²) in [5.41, 5.74) is 0. The summed E-state index contributed by atoms with van der Waals surface area (Å²) in [6, 6.07) is 11.9. The van der Waals surface area contributed by atoms with E-state index in [-0.39, 0.29) is 6.23 Å². The highest BCUT2D eigenvalue weighted by atomic mass is 32.2. The topological polar surface area (TPSA) is 23.5 Å². The van der Waals surface area contributed by atoms with Gasteiger partial charge in [0, 0.05) is 22.2 Å². The molecule has 2 fully saturated rings. The quantitative estimate of drug-likeness (QED) is 0.911. The molecule has 3 heteroatoms. The second-order valence-corrected chi connectivity index (χ2v) is 7.12. The van der Waals surface area contributed by atoms with Gasteiger partial charge in [-0.3, -0.25) is 4.90 Å². The number of piperidine rings is 1. The molecule has 2 aliphatic rings. The van der Waals surface area contributed by atoms with Crippen molar-refractivity contribution in [2.24, 2.45) is 0 Å². The second kappa shape index (κ2) is 5.86. The highest BCUT2D eigenvalue weighted by Crippen LogP contribution is 2.43. The SMILES string of the molecule is CCC(O)N1C2CCC1CC(Sc1ccccc1)C2. The highest BCUT2D eigenvalue weighted by Gasteiger charge is 2.43. The molecule has 2 nitrogen and oxygen atoms in total. The van der Waals surface area contributed by atoms with Crippen LogP contribution in [0.4, 0.5) is 0 Å². The third kappa shape index (κ3) is 2.83. The van der Waals surface area contributed by atoms with E-state index in [1.165, 1.54) is 30.6 Å². The molecule has 0 aliphatic carbocycles. The summed E-state index contributed by atoms with van der Waals surface area (Å²) in [6.45, 7) is 2.08. The van der Waals surface area contributed by atoms with Crippen molar-refractivity contribution >= 4 is 11.8 Å². The van der Waals surface area contributed by atoms with Crippen LogP contribution >= 0.6 is 11.8 Å². The Labute approximate surface area is 120 Å². The molecule has 1 aromatic carbocycles. The van der Waals surface area contributed by atoms with Crippen molar-refractivity contribution in [3.63, 3.8) is 0 Å². The van der Waals surface area contributed by atoms with Crippen molar-refractivity contribution in [3.8, 4) is 0 Å². The van der Waals surface area contributed by atoms with Crippen molar-refractivity contribution in [2.45, 2.75) is 67.5 Å². The van der Waals surface area contributed by atoms with Gasteiger partial charge in [-0.1, -0.05) is 25.1 Å². The summed E-state index contributed by atoms with van der Waals surface area (Å²) in [4.78, 5) is 3.78. The number of benzene rings is 1. The van der Waals surface area contributed by atoms with Crippen LogP contribution in [-0.2, 0) is 0 Å². The lowest BCUT2D eigenvalue weighted by atomic mass is 10.0. The summed E-state index contributed by atoms with van der Waals surface area (Å²) >= 11 is 2.03. The number of aliphatic hydroxyl groups excluding tert-OH is 1. The predicted octanol–water partition coefficient (Wildman–Crippen LogP) is 3.50. The first kappa shape index (κ1) is 13.5. The standard InChI is InChI=1S/C16H23NOS/c1-2-16(18)17-12-8-9-13(17)11-15(10-12)19-14-6-4-3-5-7-14/h3-7,12-13,15-16,18H,2,8-11H2,1H3. The van der Waals surface area contributed by atoms with Crippen LogP contribution in [0.25, 0.3) is 0 Å². The van der Waals surface area contributed by atoms with Crippen LogP contribution in [0.5, 0.6) is 0 Å². The molecule has 2 saturated heterocycles. The van der Waals surface area contributed by atoms with Crippen LogP contribution in [0.1, 0.15) is 39.0 Å². The summed E-state index contributed by atoms with van der Waals surface area (Å²) in [7, 11) is 0. The zero-order valence-corrected chi connectivity index (χ0v) is 12.4. The van der Waals surface area contributed by atoms with Crippen molar-refractivity contribution in [1.82, 2.24) is 4.90 Å². The van der Waals surface area contributed by atoms with Gasteiger partial charge in [-0.05, 0) is 44.2 Å². The maximum atomic E-state index is 10.2. The minimum absolute atomic E-state index is 0.222. The highest BCUT2D eigenvalue weighted by molar-refractivity contribution is 8.00. The monoisotopic (exact) mass is 277 g/mol. The van der Waals surface area contributed by atoms with E-state index in [1.54, 1.807) is 0 Å². The van der Waals surface area contributed by atoms with Crippen LogP contribution < -0.4 is 0 Å². The van der Waals surface area contributed by atoms with Crippen molar-refractivity contribution in [2.75, 3.05) is 0 Å². The average Bonchev–Trinajstić information content (AvgIpc) is 2.71. The van der Waals surface area contributed by atoms with Crippen LogP contribution in [0.2, 0.25) is 0 Å². The minimum atomic E-state index is -0.222. The van der Waals surface area contributed by atoms with E-state index >= 15 is 0 Å². The maximum absolute atomic E-state index is 10.2. The Kier molecular flexibility index (Phi) is 4.15. The van der Waals surface area contributed by atoms with Gasteiger partial charge >= 0.3 is 0 Å². The Bertz CT molecular complexity index is 396. The van der Waals surface area contributed by atoms with Gasteiger partial charge in [0.25, 0.3) is 0 Å². The fourth-order valence-corrected chi connectivity index (χ4v) is 4.98. The van der Waals surface area contributed by atoms with Crippen LogP contribution in [0, 0.1) is 0 Å². The van der Waals surface area contributed by atoms with Crippen molar-refractivity contribution in [3.05, 3.63) is 30.3 Å². The number of hydrogen-bond acceptors (Lipinski definition) is 3. The van der Waals surface area contributed by atoms with E-state index < -0.39 is 0 Å². The number of fused-ring (bicyclic) bond motifs is 2. The Hall–Kier alpha value is -0.510. The molecule has 2 heterocycles. The molecule has 19 heavy (non-hydrogen) atoms. The molecular formula is C16H23NOS. The molecule has 0 aromatic heterocycles. The van der Waals surface area contributed by atoms with Gasteiger partial charge in [0.1, 0.15) is 6.23 Å². The Morgan fingerprint density at radius 2 is 1.84 bits per heavy atom. The molecule has 1 N–H and O–H groups in total. The molecular weight excluding hydrogens is 254 g/mol. The normalized spacial score (nSPS) is 32.4. The van der Waals surface area contributed by atoms with Crippen molar-refractivity contribution in [1.29, 1.82) is 0 Å². The first-order valence-corrected chi connectivity index (χ1v) is 8.33. The third-order valence-corrected chi connectivity index (χ3v) is 5.76. The number of nitrogens with zero attached hydrogens (tertiary/aromatic N) is 1. The van der Waals surface area contributed by atoms with Crippen LogP contribution in [0.3, 0.4) is 0 Å². The molecule has 0 amide bonds. The first-order chi connectivity index (χ1) is 9.28. The lowest BCUT2D eigenvalue weighted by molar-refractivity contribution is -0.0466. The number of hydrogen-bond donors (Lipinski definition) is 1. The maximum Gasteiger partial charge on any atom is 0.107 e. The largest absolute Gasteiger partial charge is 0.378 e. The van der Waals surface area contributed by atoms with E-state index in [2.05, 4.69) is 42.2 Å². The van der Waals surface area contributed by atoms with E-state index in [0.29, 0.717) is 12.1 Å². The molecule has 3 atom stereocenters. The Morgan fingerprint density at radius 3 is 2.42 bits per heavy atom. The van der Waals surface area contributed by atoms with Gasteiger partial charge in [0.2, 0.25) is 0 Å². The van der Waals surface area contributed by atoms with E-state index in [0.717, 1.165) is 11.7 Å². The van der Waals surface area contributed by atoms with E-state index in [1.807, 2.05) is 11.8 Å². The average molecular weight is 277 g/mol. The predicted molar refractivity (Wildman–Crippen MR) is 80.3 cm³/mol. The number of aliphatic hydroxyl groups is 1. The fraction of sp³-hybridized carbons (Fsp3) is 0.625. The Balaban J connectivity index is 1.64. The van der Waals surface area contributed by atoms with Crippen LogP contribution in [0.15, 0.2) is 35.2 Å². The van der Waals surface area contributed by atoms with E-state index in [4.69, 9.17) is 0 Å². The van der Waals surface area contributed by atoms with Gasteiger partial charge < -0.3 is 5.11 Å². The van der Waals surface area contributed by atoms with Gasteiger partial charge in [-0.2, -0.15) is 0 Å². The van der Waals surface area contributed by atoms with Gasteiger partial charge in [0.05, 0.1) is 0 Å². The van der Waals surface area contributed by atoms with Gasteiger partial charge in [-0.15, -0.1) is 11.8 Å². The molecule has 2 aliphatic heterocycles. The second-order valence-electron chi connectivity index (χ2n) is 5.75. The summed E-state index contributed by atoms with van der Waals surface area (Å²) < 4.78 is 0. The van der Waals surface area contributed by atoms with Gasteiger partial charge in [-0.25, -0.2) is 0 Å². The fourth-order valence-electron chi connectivity index (χ4n) is 3.65. The van der Waals surface area contributed by atoms with Gasteiger partial charge in [0.15, 0.2) is 0 Å². The Morgan fingerprint density at radius 1 is 1.21 bits per heavy atom. The smallest absolute Gasteiger partial charge is 0.107 e. The molecule has 3 unspecified atom stereocenters. The van der Waals surface area contributed by atoms with Crippen LogP contribution in [-0.4, -0.2) is 33.6 Å². The lowest BCUT2D eigenvalue weighted by Gasteiger charge is -2.41. The molecule has 1 aromatic rings. The number of rotatable bonds is 4. The molecule has 104 valence electrons. The molecule has 3 rings (SSSR count). The zero-order chi connectivity index (χ0) is 13.2. The zero-order valence-electron chi connectivity index (χ0n) is 11.5. The van der Waals surface area contributed by atoms with E-state index in [9.17, 15) is 5.11 Å². The molecule has 0 saturated carbocycles. The third-order valence-electron chi connectivity index (χ3n) is 4.50. The summed E-state index contributed by atoms with van der Waals surface area (Å²) in [5.74, 6) is 0. The summed E-state index contributed by atoms with van der Waals surface area (Å²) in [5, 5.41) is 10.9. The molecule has 2 bridgehead atoms. The first-order valence-electron chi connectivity index (χ1n) is 7.45. The number of thioether (sulfide) groups is 1. The minimum Gasteiger partial charge on any atom is -0.378 e. The van der Waals surface area contributed by atoms with Crippen molar-refractivity contribution < 1.29 is 5.11 Å².